The zero-order valence-corrected chi connectivity index (χ0v) is 15.0. The third-order valence-electron chi connectivity index (χ3n) is 2.62. The second kappa shape index (κ2) is 5.96. The van der Waals surface area contributed by atoms with E-state index >= 15 is 0 Å². The summed E-state index contributed by atoms with van der Waals surface area (Å²) in [6.07, 6.45) is 0. The predicted octanol–water partition coefficient (Wildman–Crippen LogP) is 4.50. The van der Waals surface area contributed by atoms with Crippen molar-refractivity contribution in [3.05, 3.63) is 53.0 Å². The molecule has 4 nitrogen and oxygen atoms in total. The third-order valence-corrected chi connectivity index (χ3v) is 5.34. The lowest BCUT2D eigenvalue weighted by Gasteiger charge is -2.05. The van der Waals surface area contributed by atoms with Gasteiger partial charge in [-0.05, 0) is 39.5 Å². The molecule has 3 rings (SSSR count). The summed E-state index contributed by atoms with van der Waals surface area (Å²) in [5.74, 6) is -0.263. The summed E-state index contributed by atoms with van der Waals surface area (Å²) in [5, 5.41) is 5.28. The van der Waals surface area contributed by atoms with Crippen molar-refractivity contribution >= 4 is 76.5 Å². The van der Waals surface area contributed by atoms with Crippen LogP contribution in [0.2, 0.25) is 0 Å². The lowest BCUT2D eigenvalue weighted by atomic mass is 10.2. The minimum atomic E-state index is -0.263. The molecule has 0 saturated carbocycles. The summed E-state index contributed by atoms with van der Waals surface area (Å²) in [5.41, 5.74) is 0.531. The summed E-state index contributed by atoms with van der Waals surface area (Å²) < 4.78 is 1.34. The zero-order valence-electron chi connectivity index (χ0n) is 10.2. The van der Waals surface area contributed by atoms with E-state index in [4.69, 9.17) is 0 Å². The molecule has 2 aromatic heterocycles. The van der Waals surface area contributed by atoms with Crippen molar-refractivity contribution < 1.29 is 4.79 Å². The van der Waals surface area contributed by atoms with Gasteiger partial charge >= 0.3 is 0 Å². The fourth-order valence-corrected chi connectivity index (χ4v) is 4.38. The van der Waals surface area contributed by atoms with Gasteiger partial charge < -0.3 is 0 Å². The first kappa shape index (κ1) is 14.8. The fraction of sp³-hybridized carbons (Fsp3) is 0. The van der Waals surface area contributed by atoms with Gasteiger partial charge in [0.15, 0.2) is 5.13 Å². The molecule has 1 amide bonds. The van der Waals surface area contributed by atoms with E-state index in [2.05, 4.69) is 42.2 Å². The number of fused-ring (bicyclic) bond motifs is 1. The van der Waals surface area contributed by atoms with Crippen molar-refractivity contribution in [1.29, 1.82) is 0 Å². The number of amides is 1. The van der Waals surface area contributed by atoms with Crippen LogP contribution in [-0.4, -0.2) is 10.9 Å². The van der Waals surface area contributed by atoms with Crippen LogP contribution in [-0.2, 0) is 0 Å². The van der Waals surface area contributed by atoms with Gasteiger partial charge in [0.1, 0.15) is 0 Å². The second-order valence-electron chi connectivity index (χ2n) is 4.02. The maximum atomic E-state index is 12.2. The maximum absolute atomic E-state index is 12.2. The number of carbonyl (C=O) groups is 1. The first-order valence-electron chi connectivity index (χ1n) is 5.69. The molecule has 8 heteroatoms. The van der Waals surface area contributed by atoms with E-state index in [9.17, 15) is 9.59 Å². The lowest BCUT2D eigenvalue weighted by Crippen LogP contribution is -2.12. The van der Waals surface area contributed by atoms with Crippen LogP contribution in [0, 0.1) is 0 Å². The zero-order chi connectivity index (χ0) is 15.0. The maximum Gasteiger partial charge on any atom is 0.267 e. The van der Waals surface area contributed by atoms with Gasteiger partial charge in [0.2, 0.25) is 4.74 Å². The van der Waals surface area contributed by atoms with Gasteiger partial charge in [-0.2, -0.15) is 0 Å². The predicted molar refractivity (Wildman–Crippen MR) is 93.6 cm³/mol. The molecular weight excluding hydrogens is 440 g/mol. The van der Waals surface area contributed by atoms with E-state index in [0.717, 1.165) is 15.8 Å². The first-order chi connectivity index (χ1) is 10.0. The molecule has 1 N–H and O–H groups in total. The Kier molecular flexibility index (Phi) is 4.21. The van der Waals surface area contributed by atoms with E-state index in [1.165, 1.54) is 11.3 Å². The van der Waals surface area contributed by atoms with Crippen LogP contribution in [0.15, 0.2) is 43.4 Å². The molecular formula is C13H6Br2N2O2S2. The molecule has 3 aromatic rings. The standard InChI is InChI=1S/C13H6Br2N2O2S2/c14-6-4-7-10(8(15)5-6)16-13(21-12(7)19)17-11(18)9-2-1-3-20-9/h1-5H,(H,16,17,18). The number of nitrogens with zero attached hydrogens (tertiary/aromatic N) is 1. The fourth-order valence-electron chi connectivity index (χ4n) is 1.72. The number of carbonyl (C=O) groups excluding carboxylic acids is 1. The Morgan fingerprint density at radius 1 is 1.29 bits per heavy atom. The Morgan fingerprint density at radius 2 is 2.10 bits per heavy atom. The van der Waals surface area contributed by atoms with Crippen molar-refractivity contribution in [3.63, 3.8) is 0 Å². The summed E-state index contributed by atoms with van der Waals surface area (Å²) in [6.45, 7) is 0. The van der Waals surface area contributed by atoms with E-state index in [-0.39, 0.29) is 15.8 Å². The summed E-state index contributed by atoms with van der Waals surface area (Å²) in [7, 11) is 0. The molecule has 0 unspecified atom stereocenters. The van der Waals surface area contributed by atoms with Crippen molar-refractivity contribution in [3.8, 4) is 0 Å². The molecule has 0 saturated heterocycles. The molecule has 0 radical (unpaired) electrons. The van der Waals surface area contributed by atoms with Gasteiger partial charge in [-0.25, -0.2) is 4.98 Å². The number of rotatable bonds is 2. The van der Waals surface area contributed by atoms with Crippen LogP contribution in [0.3, 0.4) is 0 Å². The second-order valence-corrected chi connectivity index (χ2v) is 7.70. The lowest BCUT2D eigenvalue weighted by molar-refractivity contribution is 0.103. The Labute approximate surface area is 144 Å². The molecule has 21 heavy (non-hydrogen) atoms. The van der Waals surface area contributed by atoms with Crippen molar-refractivity contribution in [1.82, 2.24) is 4.98 Å². The number of nitrogens with one attached hydrogen (secondary N) is 1. The van der Waals surface area contributed by atoms with Gasteiger partial charge in [-0.15, -0.1) is 11.3 Å². The van der Waals surface area contributed by atoms with Gasteiger partial charge in [-0.1, -0.05) is 33.3 Å². The molecule has 2 heterocycles. The average molecular weight is 446 g/mol. The number of anilines is 1. The highest BCUT2D eigenvalue weighted by Crippen LogP contribution is 2.27. The van der Waals surface area contributed by atoms with Crippen LogP contribution < -0.4 is 10.1 Å². The largest absolute Gasteiger partial charge is 0.297 e. The number of aromatic nitrogens is 1. The Bertz CT molecular complexity index is 891. The highest BCUT2D eigenvalue weighted by molar-refractivity contribution is 9.11. The number of thiophene rings is 1. The molecule has 0 aliphatic heterocycles. The van der Waals surface area contributed by atoms with E-state index in [0.29, 0.717) is 20.3 Å². The van der Waals surface area contributed by atoms with Gasteiger partial charge in [-0.3, -0.25) is 14.9 Å². The molecule has 0 aliphatic rings. The minimum absolute atomic E-state index is 0.150. The molecule has 0 aliphatic carbocycles. The summed E-state index contributed by atoms with van der Waals surface area (Å²) >= 11 is 8.97. The molecule has 0 atom stereocenters. The molecule has 0 spiro atoms. The molecule has 1 aromatic carbocycles. The summed E-state index contributed by atoms with van der Waals surface area (Å²) in [4.78, 5) is 29.1. The molecule has 0 bridgehead atoms. The van der Waals surface area contributed by atoms with Gasteiger partial charge in [0, 0.05) is 8.95 Å². The number of halogens is 2. The number of hydrogen-bond donors (Lipinski definition) is 1. The van der Waals surface area contributed by atoms with Gasteiger partial charge in [0.05, 0.1) is 15.8 Å². The summed E-state index contributed by atoms with van der Waals surface area (Å²) in [6, 6.07) is 7.04. The smallest absolute Gasteiger partial charge is 0.267 e. The highest BCUT2D eigenvalue weighted by atomic mass is 79.9. The Balaban J connectivity index is 2.05. The van der Waals surface area contributed by atoms with E-state index in [1.807, 2.05) is 11.4 Å². The van der Waals surface area contributed by atoms with Crippen molar-refractivity contribution in [2.45, 2.75) is 0 Å². The number of benzene rings is 1. The Morgan fingerprint density at radius 3 is 2.81 bits per heavy atom. The Hall–Kier alpha value is -1.09. The number of hydrogen-bond acceptors (Lipinski definition) is 5. The third kappa shape index (κ3) is 3.08. The van der Waals surface area contributed by atoms with Crippen LogP contribution in [0.5, 0.6) is 0 Å². The van der Waals surface area contributed by atoms with E-state index in [1.54, 1.807) is 18.2 Å². The quantitative estimate of drug-likeness (QED) is 0.631. The van der Waals surface area contributed by atoms with Gasteiger partial charge in [0.25, 0.3) is 5.91 Å². The molecule has 0 fully saturated rings. The minimum Gasteiger partial charge on any atom is -0.297 e. The molecule has 106 valence electrons. The highest BCUT2D eigenvalue weighted by Gasteiger charge is 2.12. The van der Waals surface area contributed by atoms with Crippen molar-refractivity contribution in [2.24, 2.45) is 0 Å². The first-order valence-corrected chi connectivity index (χ1v) is 8.97. The average Bonchev–Trinajstić information content (AvgIpc) is 2.94. The normalized spacial score (nSPS) is 10.8. The topological polar surface area (TPSA) is 59.1 Å². The van der Waals surface area contributed by atoms with E-state index < -0.39 is 0 Å². The van der Waals surface area contributed by atoms with Crippen LogP contribution in [0.1, 0.15) is 9.67 Å². The van der Waals surface area contributed by atoms with Crippen LogP contribution >= 0.6 is 54.5 Å². The van der Waals surface area contributed by atoms with Crippen molar-refractivity contribution in [2.75, 3.05) is 5.32 Å². The van der Waals surface area contributed by atoms with Crippen LogP contribution in [0.25, 0.3) is 10.9 Å². The monoisotopic (exact) mass is 444 g/mol. The van der Waals surface area contributed by atoms with Crippen LogP contribution in [0.4, 0.5) is 5.13 Å². The SMILES string of the molecule is O=C(Nc1nc2c(Br)cc(Br)cc2c(=O)s1)c1cccs1.